The van der Waals surface area contributed by atoms with Crippen LogP contribution in [0.4, 0.5) is 0 Å². The highest BCUT2D eigenvalue weighted by molar-refractivity contribution is 4.39. The molecule has 0 aromatic carbocycles. The van der Waals surface area contributed by atoms with Crippen molar-refractivity contribution < 1.29 is 8.97 Å². The van der Waals surface area contributed by atoms with Crippen molar-refractivity contribution in [3.8, 4) is 0 Å². The fourth-order valence-corrected chi connectivity index (χ4v) is 1.10. The summed E-state index contributed by atoms with van der Waals surface area (Å²) in [6.07, 6.45) is 0. The first-order valence-electron chi connectivity index (χ1n) is 5.04. The predicted octanol–water partition coefficient (Wildman–Crippen LogP) is -0.0116. The molecular formula is C10H27N3+2. The quantitative estimate of drug-likeness (QED) is 0.580. The summed E-state index contributed by atoms with van der Waals surface area (Å²) in [5, 5.41) is 3.20. The van der Waals surface area contributed by atoms with E-state index >= 15 is 0 Å². The molecule has 0 fully saturated rings. The first-order valence-corrected chi connectivity index (χ1v) is 5.04. The van der Waals surface area contributed by atoms with Crippen molar-refractivity contribution in [1.29, 1.82) is 0 Å². The van der Waals surface area contributed by atoms with Crippen LogP contribution >= 0.6 is 0 Å². The molecule has 80 valence electrons. The van der Waals surface area contributed by atoms with Crippen molar-refractivity contribution in [2.24, 2.45) is 0 Å². The van der Waals surface area contributed by atoms with Gasteiger partial charge in [-0.1, -0.05) is 0 Å². The predicted molar refractivity (Wildman–Crippen MR) is 58.7 cm³/mol. The van der Waals surface area contributed by atoms with E-state index in [9.17, 15) is 0 Å². The van der Waals surface area contributed by atoms with Crippen molar-refractivity contribution >= 4 is 0 Å². The van der Waals surface area contributed by atoms with E-state index in [0.29, 0.717) is 0 Å². The van der Waals surface area contributed by atoms with Gasteiger partial charge in [0.05, 0.1) is 41.8 Å². The number of likely N-dealkylation sites (N-methyl/N-ethyl adjacent to an activating group) is 3. The van der Waals surface area contributed by atoms with Gasteiger partial charge in [0.15, 0.2) is 0 Å². The highest BCUT2D eigenvalue weighted by Crippen LogP contribution is 1.98. The monoisotopic (exact) mass is 189 g/mol. The van der Waals surface area contributed by atoms with E-state index in [-0.39, 0.29) is 0 Å². The van der Waals surface area contributed by atoms with Gasteiger partial charge in [-0.25, -0.2) is 0 Å². The van der Waals surface area contributed by atoms with Crippen LogP contribution in [-0.2, 0) is 0 Å². The molecule has 0 aromatic rings. The van der Waals surface area contributed by atoms with Gasteiger partial charge in [0.25, 0.3) is 0 Å². The van der Waals surface area contributed by atoms with Crippen molar-refractivity contribution in [1.82, 2.24) is 5.32 Å². The third kappa shape index (κ3) is 8.22. The molecule has 0 heterocycles. The summed E-state index contributed by atoms with van der Waals surface area (Å²) in [6.45, 7) is 4.78. The average Bonchev–Trinajstić information content (AvgIpc) is 1.97. The summed E-state index contributed by atoms with van der Waals surface area (Å²) in [6, 6.07) is 0. The first-order chi connectivity index (χ1) is 5.77. The zero-order valence-electron chi connectivity index (χ0n) is 10.2. The van der Waals surface area contributed by atoms with E-state index in [1.54, 1.807) is 0 Å². The van der Waals surface area contributed by atoms with Crippen LogP contribution in [0.3, 0.4) is 0 Å². The second kappa shape index (κ2) is 4.94. The number of rotatable bonds is 6. The zero-order chi connectivity index (χ0) is 10.5. The zero-order valence-corrected chi connectivity index (χ0v) is 10.2. The molecule has 3 heteroatoms. The third-order valence-electron chi connectivity index (χ3n) is 2.34. The molecule has 0 aliphatic carbocycles. The standard InChI is InChI=1S/C10H27N3/c1-11-7-8-13(5,6)10-9-12(2,3)4/h11H,7-10H2,1-6H3/q+2. The number of nitrogens with one attached hydrogen (secondary N) is 1. The molecular weight excluding hydrogens is 162 g/mol. The Bertz CT molecular complexity index is 136. The molecule has 0 aliphatic heterocycles. The maximum absolute atomic E-state index is 3.20. The molecule has 0 bridgehead atoms. The molecule has 0 atom stereocenters. The molecule has 1 N–H and O–H groups in total. The molecule has 0 unspecified atom stereocenters. The van der Waals surface area contributed by atoms with Gasteiger partial charge in [0.1, 0.15) is 13.1 Å². The average molecular weight is 189 g/mol. The van der Waals surface area contributed by atoms with Crippen molar-refractivity contribution in [3.63, 3.8) is 0 Å². The Morgan fingerprint density at radius 3 is 1.77 bits per heavy atom. The lowest BCUT2D eigenvalue weighted by Gasteiger charge is -2.33. The summed E-state index contributed by atoms with van der Waals surface area (Å²) in [5.74, 6) is 0. The van der Waals surface area contributed by atoms with Crippen LogP contribution in [-0.4, -0.2) is 77.4 Å². The lowest BCUT2D eigenvalue weighted by atomic mass is 10.4. The topological polar surface area (TPSA) is 12.0 Å². The van der Waals surface area contributed by atoms with Crippen molar-refractivity contribution in [3.05, 3.63) is 0 Å². The molecule has 0 spiro atoms. The Labute approximate surface area is 83.5 Å². The molecule has 0 saturated heterocycles. The summed E-state index contributed by atoms with van der Waals surface area (Å²) in [5.41, 5.74) is 0. The van der Waals surface area contributed by atoms with Crippen LogP contribution in [0.25, 0.3) is 0 Å². The maximum Gasteiger partial charge on any atom is 0.128 e. The van der Waals surface area contributed by atoms with E-state index < -0.39 is 0 Å². The van der Waals surface area contributed by atoms with E-state index in [4.69, 9.17) is 0 Å². The van der Waals surface area contributed by atoms with Crippen LogP contribution in [0.15, 0.2) is 0 Å². The highest BCUT2D eigenvalue weighted by atomic mass is 15.4. The van der Waals surface area contributed by atoms with Crippen molar-refractivity contribution in [2.75, 3.05) is 68.5 Å². The Morgan fingerprint density at radius 1 is 0.846 bits per heavy atom. The van der Waals surface area contributed by atoms with Crippen LogP contribution in [0, 0.1) is 0 Å². The highest BCUT2D eigenvalue weighted by Gasteiger charge is 2.18. The van der Waals surface area contributed by atoms with E-state index in [1.165, 1.54) is 19.6 Å². The fourth-order valence-electron chi connectivity index (χ4n) is 1.10. The second-order valence-corrected chi connectivity index (χ2v) is 5.50. The molecule has 0 saturated carbocycles. The van der Waals surface area contributed by atoms with Gasteiger partial charge >= 0.3 is 0 Å². The smallest absolute Gasteiger partial charge is 0.128 e. The molecule has 3 nitrogen and oxygen atoms in total. The Kier molecular flexibility index (Phi) is 4.89. The Hall–Kier alpha value is -0.120. The number of hydrogen-bond donors (Lipinski definition) is 1. The number of quaternary nitrogens is 2. The maximum atomic E-state index is 3.20. The SMILES string of the molecule is CNCC[N+](C)(C)CC[N+](C)(C)C. The molecule has 0 aromatic heterocycles. The van der Waals surface area contributed by atoms with Gasteiger partial charge in [-0.15, -0.1) is 0 Å². The van der Waals surface area contributed by atoms with E-state index in [1.807, 2.05) is 7.05 Å². The molecule has 13 heavy (non-hydrogen) atoms. The van der Waals surface area contributed by atoms with E-state index in [2.05, 4.69) is 40.6 Å². The summed E-state index contributed by atoms with van der Waals surface area (Å²) < 4.78 is 2.16. The number of nitrogens with zero attached hydrogens (tertiary/aromatic N) is 2. The second-order valence-electron chi connectivity index (χ2n) is 5.50. The minimum Gasteiger partial charge on any atom is -0.326 e. The van der Waals surface area contributed by atoms with Gasteiger partial charge in [-0.3, -0.25) is 0 Å². The van der Waals surface area contributed by atoms with Gasteiger partial charge < -0.3 is 14.3 Å². The first kappa shape index (κ1) is 12.9. The third-order valence-corrected chi connectivity index (χ3v) is 2.34. The normalized spacial score (nSPS) is 13.4. The Morgan fingerprint density at radius 2 is 1.38 bits per heavy atom. The van der Waals surface area contributed by atoms with Crippen LogP contribution < -0.4 is 5.32 Å². The Balaban J connectivity index is 3.75. The molecule has 0 amide bonds. The van der Waals surface area contributed by atoms with E-state index in [0.717, 1.165) is 15.5 Å². The lowest BCUT2D eigenvalue weighted by Crippen LogP contribution is -2.51. The minimum atomic E-state index is 1.06. The summed E-state index contributed by atoms with van der Waals surface area (Å²) in [4.78, 5) is 0. The fraction of sp³-hybridized carbons (Fsp3) is 1.00. The van der Waals surface area contributed by atoms with Gasteiger partial charge in [0, 0.05) is 6.54 Å². The van der Waals surface area contributed by atoms with Gasteiger partial charge in [-0.05, 0) is 7.05 Å². The summed E-state index contributed by atoms with van der Waals surface area (Å²) in [7, 11) is 13.4. The number of hydrogen-bond acceptors (Lipinski definition) is 1. The van der Waals surface area contributed by atoms with Crippen LogP contribution in [0.5, 0.6) is 0 Å². The van der Waals surface area contributed by atoms with Crippen molar-refractivity contribution in [2.45, 2.75) is 0 Å². The minimum absolute atomic E-state index is 1.06. The molecule has 0 rings (SSSR count). The van der Waals surface area contributed by atoms with Crippen LogP contribution in [0.1, 0.15) is 0 Å². The largest absolute Gasteiger partial charge is 0.326 e. The molecule has 0 aliphatic rings. The molecule has 0 radical (unpaired) electrons. The van der Waals surface area contributed by atoms with Gasteiger partial charge in [-0.2, -0.15) is 0 Å². The summed E-state index contributed by atoms with van der Waals surface area (Å²) >= 11 is 0. The van der Waals surface area contributed by atoms with Gasteiger partial charge in [0.2, 0.25) is 0 Å². The lowest BCUT2D eigenvalue weighted by molar-refractivity contribution is -0.936. The van der Waals surface area contributed by atoms with Crippen LogP contribution in [0.2, 0.25) is 0 Å².